The van der Waals surface area contributed by atoms with Crippen molar-refractivity contribution in [1.29, 1.82) is 0 Å². The summed E-state index contributed by atoms with van der Waals surface area (Å²) in [5, 5.41) is 9.29. The van der Waals surface area contributed by atoms with Crippen LogP contribution in [-0.2, 0) is 0 Å². The van der Waals surface area contributed by atoms with Crippen molar-refractivity contribution in [1.82, 2.24) is 10.6 Å². The van der Waals surface area contributed by atoms with E-state index in [0.717, 1.165) is 0 Å². The molecule has 2 rings (SSSR count). The quantitative estimate of drug-likeness (QED) is 0.282. The van der Waals surface area contributed by atoms with Crippen molar-refractivity contribution in [3.8, 4) is 5.75 Å². The Labute approximate surface area is 182 Å². The minimum atomic E-state index is -0.816. The second kappa shape index (κ2) is 9.68. The van der Waals surface area contributed by atoms with Gasteiger partial charge in [0, 0.05) is 5.56 Å². The van der Waals surface area contributed by atoms with E-state index in [9.17, 15) is 4.79 Å². The minimum Gasteiger partial charge on any atom is -0.495 e. The Morgan fingerprint density at radius 3 is 2.27 bits per heavy atom. The number of halogens is 3. The summed E-state index contributed by atoms with van der Waals surface area (Å²) >= 11 is 15.7. The maximum Gasteiger partial charge on any atom is 0.252 e. The van der Waals surface area contributed by atoms with Crippen LogP contribution in [-0.4, -0.2) is 26.4 Å². The summed E-state index contributed by atoms with van der Waals surface area (Å²) in [6.45, 7) is 0. The van der Waals surface area contributed by atoms with Gasteiger partial charge in [0.05, 0.1) is 12.8 Å². The third-order valence-corrected chi connectivity index (χ3v) is 4.86. The average Bonchev–Trinajstić information content (AvgIpc) is 2.61. The number of benzene rings is 2. The van der Waals surface area contributed by atoms with Crippen LogP contribution in [0.4, 0.5) is 5.69 Å². The lowest BCUT2D eigenvalue weighted by Gasteiger charge is -2.29. The maximum absolute atomic E-state index is 12.4. The molecule has 9 heteroatoms. The van der Waals surface area contributed by atoms with Crippen LogP contribution in [0, 0.1) is 0 Å². The molecule has 5 nitrogen and oxygen atoms in total. The Balaban J connectivity index is 2.08. The number of amides is 1. The number of nitrogens with one attached hydrogen (secondary N) is 3. The van der Waals surface area contributed by atoms with E-state index < -0.39 is 8.31 Å². The zero-order valence-electron chi connectivity index (χ0n) is 13.6. The number of ether oxygens (including phenoxy) is 1. The van der Waals surface area contributed by atoms with E-state index in [1.165, 1.54) is 0 Å². The van der Waals surface area contributed by atoms with Gasteiger partial charge in [-0.3, -0.25) is 4.79 Å². The summed E-state index contributed by atoms with van der Waals surface area (Å²) in [5.74, 6) is 0.412. The normalized spacial score (nSPS) is 12.0. The van der Waals surface area contributed by atoms with Crippen LogP contribution < -0.4 is 20.7 Å². The highest BCUT2D eigenvalue weighted by Gasteiger charge is 2.33. The van der Waals surface area contributed by atoms with E-state index >= 15 is 0 Å². The van der Waals surface area contributed by atoms with Crippen LogP contribution in [0.5, 0.6) is 5.75 Å². The van der Waals surface area contributed by atoms with Crippen molar-refractivity contribution in [3.63, 3.8) is 0 Å². The molecule has 0 fully saturated rings. The highest BCUT2D eigenvalue weighted by Crippen LogP contribution is 2.36. The molecule has 0 unspecified atom stereocenters. The third-order valence-electron chi connectivity index (χ3n) is 3.27. The Morgan fingerprint density at radius 2 is 1.65 bits per heavy atom. The van der Waals surface area contributed by atoms with Crippen LogP contribution in [0.25, 0.3) is 0 Å². The highest BCUT2D eigenvalue weighted by molar-refractivity contribution is 9.39. The molecule has 138 valence electrons. The smallest absolute Gasteiger partial charge is 0.252 e. The minimum absolute atomic E-state index is 0.245. The van der Waals surface area contributed by atoms with Crippen molar-refractivity contribution in [2.75, 3.05) is 12.4 Å². The zero-order valence-corrected chi connectivity index (χ0v) is 19.2. The van der Waals surface area contributed by atoms with Gasteiger partial charge in [-0.05, 0) is 36.5 Å². The first kappa shape index (κ1) is 21.1. The lowest BCUT2D eigenvalue weighted by atomic mass is 10.2. The molecule has 0 bridgehead atoms. The van der Waals surface area contributed by atoms with Gasteiger partial charge in [0.15, 0.2) is 7.26 Å². The largest absolute Gasteiger partial charge is 0.495 e. The first-order valence-corrected chi connectivity index (χ1v) is 10.2. The van der Waals surface area contributed by atoms with Crippen LogP contribution in [0.3, 0.4) is 0 Å². The molecule has 0 aliphatic rings. The fourth-order valence-corrected chi connectivity index (χ4v) is 2.96. The van der Waals surface area contributed by atoms with Crippen LogP contribution in [0.1, 0.15) is 10.4 Å². The molecular weight excluding hydrogens is 550 g/mol. The molecule has 1 atom stereocenters. The van der Waals surface area contributed by atoms with Gasteiger partial charge in [0.2, 0.25) is 0 Å². The van der Waals surface area contributed by atoms with Crippen LogP contribution in [0.2, 0.25) is 0 Å². The predicted octanol–water partition coefficient (Wildman–Crippen LogP) is 4.58. The second-order valence-corrected chi connectivity index (χ2v) is 12.5. The molecule has 2 aromatic rings. The van der Waals surface area contributed by atoms with Crippen LogP contribution >= 0.6 is 60.0 Å². The van der Waals surface area contributed by atoms with Crippen molar-refractivity contribution in [2.24, 2.45) is 0 Å². The van der Waals surface area contributed by atoms with E-state index in [-0.39, 0.29) is 5.91 Å². The van der Waals surface area contributed by atoms with Gasteiger partial charge in [-0.2, -0.15) is 0 Å². The molecule has 0 saturated carbocycles. The number of para-hydroxylation sites is 2. The molecule has 26 heavy (non-hydrogen) atoms. The van der Waals surface area contributed by atoms with Crippen molar-refractivity contribution >= 4 is 76.7 Å². The van der Waals surface area contributed by atoms with Crippen molar-refractivity contribution in [2.45, 2.75) is 8.31 Å². The average molecular weight is 566 g/mol. The topological polar surface area (TPSA) is 62.4 Å². The van der Waals surface area contributed by atoms with Gasteiger partial charge < -0.3 is 20.7 Å². The number of methoxy groups -OCH3 is 1. The predicted molar refractivity (Wildman–Crippen MR) is 120 cm³/mol. The van der Waals surface area contributed by atoms with E-state index in [1.54, 1.807) is 31.4 Å². The molecule has 0 radical (unpaired) electrons. The van der Waals surface area contributed by atoms with Gasteiger partial charge in [-0.25, -0.2) is 0 Å². The molecule has 0 aliphatic carbocycles. The van der Waals surface area contributed by atoms with Crippen molar-refractivity contribution in [3.05, 3.63) is 60.2 Å². The number of carbonyl (C=O) groups excluding carboxylic acids is 1. The first-order valence-electron chi connectivity index (χ1n) is 7.44. The monoisotopic (exact) mass is 563 g/mol. The first-order chi connectivity index (χ1) is 12.3. The van der Waals surface area contributed by atoms with E-state index in [4.69, 9.17) is 17.0 Å². The Bertz CT molecular complexity index is 769. The molecule has 0 heterocycles. The summed E-state index contributed by atoms with van der Waals surface area (Å²) < 4.78 is 4.48. The van der Waals surface area contributed by atoms with E-state index in [1.807, 2.05) is 30.3 Å². The summed E-state index contributed by atoms with van der Waals surface area (Å²) in [7, 11) is 1.58. The van der Waals surface area contributed by atoms with Gasteiger partial charge in [0.1, 0.15) is 11.9 Å². The summed E-state index contributed by atoms with van der Waals surface area (Å²) in [4.78, 5) is 12.4. The van der Waals surface area contributed by atoms with Gasteiger partial charge >= 0.3 is 0 Å². The SMILES string of the molecule is COc1ccccc1NC(=S)N[C@@H](NC(=O)c1ccccc1)C(Br)(Br)Br. The van der Waals surface area contributed by atoms with Crippen LogP contribution in [0.15, 0.2) is 54.6 Å². The molecular formula is C17H16Br3N3O2S. The van der Waals surface area contributed by atoms with Gasteiger partial charge in [-0.1, -0.05) is 78.1 Å². The number of rotatable bonds is 5. The Kier molecular flexibility index (Phi) is 7.87. The molecule has 0 aliphatic heterocycles. The standard InChI is InChI=1S/C17H16Br3N3O2S/c1-25-13-10-6-5-9-12(13)21-16(26)23-15(17(18,19)20)22-14(24)11-7-3-2-4-8-11/h2-10,15H,1H3,(H,22,24)(H2,21,23,26)/t15-/m1/s1. The molecule has 2 aromatic carbocycles. The lowest BCUT2D eigenvalue weighted by Crippen LogP contribution is -2.55. The Hall–Kier alpha value is -1.16. The molecule has 1 amide bonds. The van der Waals surface area contributed by atoms with E-state index in [2.05, 4.69) is 63.7 Å². The highest BCUT2D eigenvalue weighted by atomic mass is 80.0. The van der Waals surface area contributed by atoms with Gasteiger partial charge in [0.25, 0.3) is 5.91 Å². The number of carbonyl (C=O) groups is 1. The van der Waals surface area contributed by atoms with E-state index in [0.29, 0.717) is 22.1 Å². The lowest BCUT2D eigenvalue weighted by molar-refractivity contribution is 0.0936. The maximum atomic E-state index is 12.4. The molecule has 0 saturated heterocycles. The van der Waals surface area contributed by atoms with Crippen molar-refractivity contribution < 1.29 is 9.53 Å². The molecule has 0 aromatic heterocycles. The molecule has 0 spiro atoms. The summed E-state index contributed by atoms with van der Waals surface area (Å²) in [5.41, 5.74) is 1.25. The fourth-order valence-electron chi connectivity index (χ4n) is 2.04. The number of alkyl halides is 3. The number of hydrogen-bond donors (Lipinski definition) is 3. The third kappa shape index (κ3) is 6.22. The second-order valence-electron chi connectivity index (χ2n) is 5.11. The fraction of sp³-hybridized carbons (Fsp3) is 0.176. The number of thiocarbonyl (C=S) groups is 1. The summed E-state index contributed by atoms with van der Waals surface area (Å²) in [6.07, 6.45) is -0.607. The zero-order chi connectivity index (χ0) is 19.2. The number of anilines is 1. The Morgan fingerprint density at radius 1 is 1.04 bits per heavy atom. The van der Waals surface area contributed by atoms with Gasteiger partial charge in [-0.15, -0.1) is 0 Å². The molecule has 3 N–H and O–H groups in total. The number of hydrogen-bond acceptors (Lipinski definition) is 3. The summed E-state index contributed by atoms with van der Waals surface area (Å²) in [6, 6.07) is 16.3.